The van der Waals surface area contributed by atoms with Crippen molar-refractivity contribution in [2.75, 3.05) is 31.1 Å². The number of piperidine rings is 1. The lowest BCUT2D eigenvalue weighted by Crippen LogP contribution is -2.57. The van der Waals surface area contributed by atoms with E-state index in [0.29, 0.717) is 24.1 Å². The van der Waals surface area contributed by atoms with Crippen LogP contribution in [0.2, 0.25) is 5.02 Å². The van der Waals surface area contributed by atoms with E-state index in [0.717, 1.165) is 29.4 Å². The molecule has 2 atom stereocenters. The molecule has 12 nitrogen and oxygen atoms in total. The molecule has 18 heteroatoms. The van der Waals surface area contributed by atoms with Gasteiger partial charge in [0.1, 0.15) is 5.75 Å². The Labute approximate surface area is 325 Å². The number of fused-ring (bicyclic) bond motifs is 1. The van der Waals surface area contributed by atoms with Gasteiger partial charge >= 0.3 is 18.7 Å². The zero-order valence-corrected chi connectivity index (χ0v) is 32.1. The molecule has 2 N–H and O–H groups in total. The molecule has 0 bridgehead atoms. The fraction of sp³-hybridized carbons (Fsp3) is 0.553. The summed E-state index contributed by atoms with van der Waals surface area (Å²) in [5, 5.41) is 12.8. The molecule has 2 aliphatic heterocycles. The average Bonchev–Trinajstić information content (AvgIpc) is 3.95. The smallest absolute Gasteiger partial charge is 0.417 e. The van der Waals surface area contributed by atoms with Crippen LogP contribution in [0.3, 0.4) is 0 Å². The van der Waals surface area contributed by atoms with Gasteiger partial charge in [-0.3, -0.25) is 19.2 Å². The number of carbonyl (C=O) groups is 5. The molecule has 0 aromatic heterocycles. The van der Waals surface area contributed by atoms with Crippen LogP contribution in [0.15, 0.2) is 36.4 Å². The van der Waals surface area contributed by atoms with Crippen molar-refractivity contribution in [2.24, 2.45) is 0 Å². The monoisotopic (exact) mass is 813 g/mol. The van der Waals surface area contributed by atoms with Gasteiger partial charge in [0.2, 0.25) is 5.91 Å². The third-order valence-electron chi connectivity index (χ3n) is 10.3. The number of ether oxygens (including phenoxy) is 1. The topological polar surface area (TPSA) is 140 Å². The number of alkyl halides is 5. The highest BCUT2D eigenvalue weighted by molar-refractivity contribution is 6.30. The molecule has 0 radical (unpaired) electrons. The Balaban J connectivity index is 1.38. The van der Waals surface area contributed by atoms with Crippen molar-refractivity contribution in [2.45, 2.75) is 109 Å². The van der Waals surface area contributed by atoms with Crippen LogP contribution in [0.4, 0.5) is 32.4 Å². The molecule has 5 amide bonds. The fourth-order valence-corrected chi connectivity index (χ4v) is 7.54. The second-order valence-corrected chi connectivity index (χ2v) is 15.5. The van der Waals surface area contributed by atoms with Crippen molar-refractivity contribution in [3.05, 3.63) is 58.1 Å². The van der Waals surface area contributed by atoms with Crippen LogP contribution in [-0.4, -0.2) is 112 Å². The van der Waals surface area contributed by atoms with Crippen molar-refractivity contribution >= 4 is 47.0 Å². The van der Waals surface area contributed by atoms with E-state index in [4.69, 9.17) is 16.3 Å². The van der Waals surface area contributed by atoms with E-state index < -0.39 is 84.4 Å². The van der Waals surface area contributed by atoms with Crippen molar-refractivity contribution in [1.82, 2.24) is 20.0 Å². The fourth-order valence-electron chi connectivity index (χ4n) is 7.41. The molecule has 5 rings (SSSR count). The Kier molecular flexibility index (Phi) is 12.8. The van der Waals surface area contributed by atoms with Gasteiger partial charge in [-0.05, 0) is 89.6 Å². The summed E-state index contributed by atoms with van der Waals surface area (Å²) in [4.78, 5) is 70.3. The Hall–Kier alpha value is -4.67. The summed E-state index contributed by atoms with van der Waals surface area (Å²) >= 11 is 5.98. The quantitative estimate of drug-likeness (QED) is 0.229. The summed E-state index contributed by atoms with van der Waals surface area (Å²) in [5.41, 5.74) is -3.31. The van der Waals surface area contributed by atoms with Gasteiger partial charge in [0.15, 0.2) is 5.60 Å². The van der Waals surface area contributed by atoms with E-state index in [1.165, 1.54) is 23.6 Å². The lowest BCUT2D eigenvalue weighted by molar-refractivity contribution is -0.138. The second-order valence-electron chi connectivity index (χ2n) is 15.1. The molecule has 2 aromatic rings. The van der Waals surface area contributed by atoms with Crippen molar-refractivity contribution < 1.29 is 55.8 Å². The summed E-state index contributed by atoms with van der Waals surface area (Å²) in [6.07, 6.45) is -7.03. The standard InChI is InChI=1S/C38H45ClF5N5O7/c1-21(2)49(26-12-11-25(48(20-26)36(54)55)13-15-46(24-9-10-24)31(50)17-22-5-7-23(39)8-6-22)34(52)27-18-29-30(19-28(27)38(42,43)44)56-37(3,4)35(53)47(29)16-14-45-33(51)32(40)41/h5-8,18-19,21,24-26,32H,9-17,20H2,1-4H3,(H,45,51)(H,54,55)/t25-,26-/m1/s1. The third-order valence-corrected chi connectivity index (χ3v) is 10.5. The molecule has 1 aliphatic carbocycles. The van der Waals surface area contributed by atoms with E-state index in [-0.39, 0.29) is 49.2 Å². The normalized spacial score (nSPS) is 19.4. The maximum absolute atomic E-state index is 14.7. The summed E-state index contributed by atoms with van der Waals surface area (Å²) in [7, 11) is 0. The van der Waals surface area contributed by atoms with Crippen LogP contribution in [0.25, 0.3) is 0 Å². The summed E-state index contributed by atoms with van der Waals surface area (Å²) in [6.45, 7) is 4.99. The third kappa shape index (κ3) is 9.64. The molecule has 306 valence electrons. The number of carbonyl (C=O) groups excluding carboxylic acids is 4. The molecule has 2 fully saturated rings. The number of carboxylic acid groups (broad SMARTS) is 1. The molecule has 3 aliphatic rings. The Morgan fingerprint density at radius 1 is 1.04 bits per heavy atom. The first-order valence-electron chi connectivity index (χ1n) is 18.4. The van der Waals surface area contributed by atoms with Crippen LogP contribution in [-0.2, 0) is 27.0 Å². The number of nitrogens with zero attached hydrogens (tertiary/aromatic N) is 4. The van der Waals surface area contributed by atoms with Crippen LogP contribution in [0.5, 0.6) is 5.75 Å². The lowest BCUT2D eigenvalue weighted by atomic mass is 9.93. The predicted molar refractivity (Wildman–Crippen MR) is 195 cm³/mol. The molecule has 2 aromatic carbocycles. The number of amides is 5. The summed E-state index contributed by atoms with van der Waals surface area (Å²) in [5.74, 6) is -3.91. The minimum Gasteiger partial charge on any atom is -0.476 e. The minimum absolute atomic E-state index is 0.0528. The van der Waals surface area contributed by atoms with Gasteiger partial charge in [0.25, 0.3) is 17.7 Å². The predicted octanol–water partition coefficient (Wildman–Crippen LogP) is 6.23. The van der Waals surface area contributed by atoms with E-state index in [9.17, 15) is 51.0 Å². The average molecular weight is 814 g/mol. The van der Waals surface area contributed by atoms with Gasteiger partial charge in [-0.2, -0.15) is 22.0 Å². The highest BCUT2D eigenvalue weighted by Crippen LogP contribution is 2.44. The van der Waals surface area contributed by atoms with E-state index in [1.807, 2.05) is 5.32 Å². The van der Waals surface area contributed by atoms with Crippen LogP contribution in [0, 0.1) is 0 Å². The zero-order valence-electron chi connectivity index (χ0n) is 31.4. The van der Waals surface area contributed by atoms with E-state index >= 15 is 0 Å². The second kappa shape index (κ2) is 16.8. The number of benzene rings is 2. The maximum Gasteiger partial charge on any atom is 0.417 e. The van der Waals surface area contributed by atoms with Crippen molar-refractivity contribution in [1.29, 1.82) is 0 Å². The van der Waals surface area contributed by atoms with Gasteiger partial charge in [-0.25, -0.2) is 4.79 Å². The van der Waals surface area contributed by atoms with Gasteiger partial charge < -0.3 is 34.8 Å². The Morgan fingerprint density at radius 2 is 1.68 bits per heavy atom. The number of nitrogens with one attached hydrogen (secondary N) is 1. The summed E-state index contributed by atoms with van der Waals surface area (Å²) < 4.78 is 75.4. The SMILES string of the molecule is CC(C)N(C(=O)c1cc2c(cc1C(F)(F)F)OC(C)(C)C(=O)N2CCNC(=O)C(F)F)[C@@H]1CC[C@H](CCN(C(=O)Cc2ccc(Cl)cc2)C2CC2)N(C(=O)O)C1. The first kappa shape index (κ1) is 42.5. The van der Waals surface area contributed by atoms with Gasteiger partial charge in [0, 0.05) is 49.3 Å². The Morgan fingerprint density at radius 3 is 2.25 bits per heavy atom. The number of halogens is 6. The number of hydrogen-bond acceptors (Lipinski definition) is 6. The molecule has 2 heterocycles. The van der Waals surface area contributed by atoms with Crippen LogP contribution >= 0.6 is 11.6 Å². The highest BCUT2D eigenvalue weighted by atomic mass is 35.5. The molecule has 1 saturated heterocycles. The molecule has 1 saturated carbocycles. The minimum atomic E-state index is -5.07. The largest absolute Gasteiger partial charge is 0.476 e. The van der Waals surface area contributed by atoms with Crippen LogP contribution in [0.1, 0.15) is 81.3 Å². The van der Waals surface area contributed by atoms with Crippen LogP contribution < -0.4 is 15.0 Å². The number of anilines is 1. The Bertz CT molecular complexity index is 1820. The summed E-state index contributed by atoms with van der Waals surface area (Å²) in [6, 6.07) is 6.40. The highest BCUT2D eigenvalue weighted by Gasteiger charge is 2.46. The molecule has 0 unspecified atom stereocenters. The van der Waals surface area contributed by atoms with E-state index in [1.54, 1.807) is 43.0 Å². The lowest BCUT2D eigenvalue weighted by Gasteiger charge is -2.45. The van der Waals surface area contributed by atoms with Gasteiger partial charge in [-0.15, -0.1) is 0 Å². The first-order valence-corrected chi connectivity index (χ1v) is 18.8. The molecule has 56 heavy (non-hydrogen) atoms. The van der Waals surface area contributed by atoms with Gasteiger partial charge in [0.05, 0.1) is 29.3 Å². The first-order chi connectivity index (χ1) is 26.2. The van der Waals surface area contributed by atoms with Crippen molar-refractivity contribution in [3.8, 4) is 5.75 Å². The number of hydrogen-bond donors (Lipinski definition) is 2. The van der Waals surface area contributed by atoms with Gasteiger partial charge in [-0.1, -0.05) is 23.7 Å². The van der Waals surface area contributed by atoms with Crippen molar-refractivity contribution in [3.63, 3.8) is 0 Å². The number of rotatable bonds is 13. The molecular formula is C38H45ClF5N5O7. The molecular weight excluding hydrogens is 769 g/mol. The zero-order chi connectivity index (χ0) is 41.3. The molecule has 0 spiro atoms. The maximum atomic E-state index is 14.7. The van der Waals surface area contributed by atoms with E-state index in [2.05, 4.69) is 0 Å². The number of likely N-dealkylation sites (tertiary alicyclic amines) is 1.